The molecule has 0 unspecified atom stereocenters. The van der Waals surface area contributed by atoms with Gasteiger partial charge in [0.25, 0.3) is 0 Å². The Morgan fingerprint density at radius 1 is 1.03 bits per heavy atom. The Balaban J connectivity index is 1.91. The highest BCUT2D eigenvalue weighted by molar-refractivity contribution is 6.30. The van der Waals surface area contributed by atoms with Gasteiger partial charge in [0.15, 0.2) is 0 Å². The minimum absolute atomic E-state index is 0.102. The van der Waals surface area contributed by atoms with Gasteiger partial charge in [0, 0.05) is 18.0 Å². The number of benzene rings is 2. The molecule has 0 aliphatic rings. The average molecular weight is 518 g/mol. The molecule has 2 aromatic carbocycles. The third kappa shape index (κ3) is 8.54. The second kappa shape index (κ2) is 13.5. The third-order valence-electron chi connectivity index (χ3n) is 5.58. The number of likely N-dealkylation sites (N-methyl/N-ethyl adjacent to an activating group) is 1. The first-order chi connectivity index (χ1) is 17.0. The second-order valence-corrected chi connectivity index (χ2v) is 8.79. The normalized spacial score (nSPS) is 13.2. The number of carbonyl (C=O) groups excluding carboxylic acids is 4. The molecule has 0 saturated carbocycles. The molecular formula is C25H32ClN5O5. The summed E-state index contributed by atoms with van der Waals surface area (Å²) in [6.45, 7) is 2.98. The predicted molar refractivity (Wildman–Crippen MR) is 136 cm³/mol. The van der Waals surface area contributed by atoms with Crippen LogP contribution >= 0.6 is 11.6 Å². The van der Waals surface area contributed by atoms with Crippen molar-refractivity contribution in [2.45, 2.75) is 44.8 Å². The highest BCUT2D eigenvalue weighted by Crippen LogP contribution is 2.15. The summed E-state index contributed by atoms with van der Waals surface area (Å²) in [6, 6.07) is 10.4. The molecule has 36 heavy (non-hydrogen) atoms. The van der Waals surface area contributed by atoms with Crippen molar-refractivity contribution in [2.24, 2.45) is 11.5 Å². The Morgan fingerprint density at radius 3 is 2.28 bits per heavy atom. The van der Waals surface area contributed by atoms with E-state index in [2.05, 4.69) is 10.6 Å². The second-order valence-electron chi connectivity index (χ2n) is 8.36. The van der Waals surface area contributed by atoms with E-state index in [-0.39, 0.29) is 31.7 Å². The summed E-state index contributed by atoms with van der Waals surface area (Å²) in [5, 5.41) is 14.8. The Labute approximate surface area is 215 Å². The van der Waals surface area contributed by atoms with E-state index in [0.717, 1.165) is 11.1 Å². The fourth-order valence-electron chi connectivity index (χ4n) is 3.60. The summed E-state index contributed by atoms with van der Waals surface area (Å²) in [7, 11) is 0. The molecule has 0 aromatic heterocycles. The van der Waals surface area contributed by atoms with Crippen LogP contribution in [0.2, 0.25) is 5.02 Å². The van der Waals surface area contributed by atoms with Crippen molar-refractivity contribution in [3.05, 3.63) is 64.7 Å². The lowest BCUT2D eigenvalue weighted by atomic mass is 10.0. The van der Waals surface area contributed by atoms with Crippen molar-refractivity contribution in [3.63, 3.8) is 0 Å². The number of rotatable bonds is 12. The number of aromatic hydroxyl groups is 1. The highest BCUT2D eigenvalue weighted by Gasteiger charge is 2.28. The number of halogens is 1. The molecule has 10 nitrogen and oxygen atoms in total. The standard InChI is InChI=1S/C25H32ClN5O5/c1-3-31(21(23(28)34)13-17-5-4-6-18(26)11-17)22(33)14-29-24(35)15(2)30-25(36)20(27)12-16-7-9-19(32)10-8-16/h4-11,15,20-21,32H,3,12-14,27H2,1-2H3,(H2,28,34)(H,29,35)(H,30,36)/t15-,20+,21+/m1/s1. The number of amides is 4. The number of nitrogens with zero attached hydrogens (tertiary/aromatic N) is 1. The molecule has 0 bridgehead atoms. The van der Waals surface area contributed by atoms with Crippen molar-refractivity contribution in [1.29, 1.82) is 0 Å². The van der Waals surface area contributed by atoms with Gasteiger partial charge in [0.1, 0.15) is 17.8 Å². The van der Waals surface area contributed by atoms with Gasteiger partial charge >= 0.3 is 0 Å². The summed E-state index contributed by atoms with van der Waals surface area (Å²) < 4.78 is 0. The number of nitrogens with one attached hydrogen (secondary N) is 2. The van der Waals surface area contributed by atoms with Crippen molar-refractivity contribution in [3.8, 4) is 5.75 Å². The minimum Gasteiger partial charge on any atom is -0.508 e. The topological polar surface area (TPSA) is 168 Å². The van der Waals surface area contributed by atoms with Crippen LogP contribution in [-0.2, 0) is 32.0 Å². The van der Waals surface area contributed by atoms with Gasteiger partial charge in [-0.2, -0.15) is 0 Å². The minimum atomic E-state index is -0.954. The van der Waals surface area contributed by atoms with Crippen LogP contribution in [0.15, 0.2) is 48.5 Å². The summed E-state index contributed by atoms with van der Waals surface area (Å²) >= 11 is 6.01. The third-order valence-corrected chi connectivity index (χ3v) is 5.81. The van der Waals surface area contributed by atoms with Crippen LogP contribution in [0.4, 0.5) is 0 Å². The Bertz CT molecular complexity index is 1080. The molecule has 0 saturated heterocycles. The number of hydrogen-bond donors (Lipinski definition) is 5. The SMILES string of the molecule is CCN(C(=O)CNC(=O)[C@@H](C)NC(=O)[C@@H](N)Cc1ccc(O)cc1)[C@@H](Cc1cccc(Cl)c1)C(N)=O. The van der Waals surface area contributed by atoms with Crippen LogP contribution in [-0.4, -0.2) is 64.9 Å². The molecule has 2 rings (SSSR count). The maximum Gasteiger partial charge on any atom is 0.242 e. The zero-order chi connectivity index (χ0) is 26.8. The number of hydrogen-bond acceptors (Lipinski definition) is 6. The number of phenolic OH excluding ortho intramolecular Hbond substituents is 1. The van der Waals surface area contributed by atoms with Gasteiger partial charge in [-0.25, -0.2) is 0 Å². The van der Waals surface area contributed by atoms with Crippen LogP contribution in [0.1, 0.15) is 25.0 Å². The molecule has 3 atom stereocenters. The fraction of sp³-hybridized carbons (Fsp3) is 0.360. The van der Waals surface area contributed by atoms with Crippen molar-refractivity contribution >= 4 is 35.2 Å². The lowest BCUT2D eigenvalue weighted by Gasteiger charge is -2.29. The van der Waals surface area contributed by atoms with Crippen molar-refractivity contribution in [2.75, 3.05) is 13.1 Å². The Hall–Kier alpha value is -3.63. The quantitative estimate of drug-likeness (QED) is 0.274. The van der Waals surface area contributed by atoms with Gasteiger partial charge in [0.2, 0.25) is 23.6 Å². The van der Waals surface area contributed by atoms with Gasteiger partial charge in [-0.15, -0.1) is 0 Å². The Morgan fingerprint density at radius 2 is 1.69 bits per heavy atom. The lowest BCUT2D eigenvalue weighted by molar-refractivity contribution is -0.139. The largest absolute Gasteiger partial charge is 0.508 e. The van der Waals surface area contributed by atoms with E-state index in [1.54, 1.807) is 43.3 Å². The van der Waals surface area contributed by atoms with Gasteiger partial charge < -0.3 is 32.1 Å². The van der Waals surface area contributed by atoms with Crippen LogP contribution in [0.5, 0.6) is 5.75 Å². The number of nitrogens with two attached hydrogens (primary N) is 2. The van der Waals surface area contributed by atoms with Gasteiger partial charge in [0.05, 0.1) is 12.6 Å². The number of primary amides is 1. The zero-order valence-electron chi connectivity index (χ0n) is 20.2. The van der Waals surface area contributed by atoms with Crippen molar-refractivity contribution in [1.82, 2.24) is 15.5 Å². The molecule has 2 aromatic rings. The maximum absolute atomic E-state index is 12.8. The first kappa shape index (κ1) is 28.6. The van der Waals surface area contributed by atoms with Crippen LogP contribution in [0.25, 0.3) is 0 Å². The van der Waals surface area contributed by atoms with E-state index < -0.39 is 41.8 Å². The molecule has 0 heterocycles. The molecule has 0 aliphatic heterocycles. The highest BCUT2D eigenvalue weighted by atomic mass is 35.5. The molecule has 4 amide bonds. The average Bonchev–Trinajstić information content (AvgIpc) is 2.83. The van der Waals surface area contributed by atoms with E-state index >= 15 is 0 Å². The Kier molecular flexibility index (Phi) is 10.7. The summed E-state index contributed by atoms with van der Waals surface area (Å²) in [5.74, 6) is -2.21. The van der Waals surface area contributed by atoms with Crippen LogP contribution < -0.4 is 22.1 Å². The summed E-state index contributed by atoms with van der Waals surface area (Å²) in [5.41, 5.74) is 13.0. The monoisotopic (exact) mass is 517 g/mol. The first-order valence-corrected chi connectivity index (χ1v) is 11.8. The van der Waals surface area contributed by atoms with E-state index in [1.165, 1.54) is 24.0 Å². The summed E-state index contributed by atoms with van der Waals surface area (Å²) in [4.78, 5) is 51.1. The number of carbonyl (C=O) groups is 4. The maximum atomic E-state index is 12.8. The smallest absolute Gasteiger partial charge is 0.242 e. The molecule has 7 N–H and O–H groups in total. The fourth-order valence-corrected chi connectivity index (χ4v) is 3.82. The van der Waals surface area contributed by atoms with E-state index in [4.69, 9.17) is 23.1 Å². The van der Waals surface area contributed by atoms with Crippen LogP contribution in [0.3, 0.4) is 0 Å². The lowest BCUT2D eigenvalue weighted by Crippen LogP contribution is -2.54. The number of phenols is 1. The van der Waals surface area contributed by atoms with E-state index in [9.17, 15) is 24.3 Å². The van der Waals surface area contributed by atoms with Gasteiger partial charge in [-0.1, -0.05) is 35.9 Å². The van der Waals surface area contributed by atoms with Crippen LogP contribution in [0, 0.1) is 0 Å². The van der Waals surface area contributed by atoms with Gasteiger partial charge in [-0.3, -0.25) is 19.2 Å². The molecule has 0 fully saturated rings. The summed E-state index contributed by atoms with van der Waals surface area (Å²) in [6.07, 6.45) is 0.389. The molecule has 0 aliphatic carbocycles. The van der Waals surface area contributed by atoms with Gasteiger partial charge in [-0.05, 0) is 55.7 Å². The molecule has 194 valence electrons. The first-order valence-electron chi connectivity index (χ1n) is 11.5. The van der Waals surface area contributed by atoms with E-state index in [1.807, 2.05) is 0 Å². The predicted octanol–water partition coefficient (Wildman–Crippen LogP) is 0.481. The molecule has 11 heteroatoms. The molecular weight excluding hydrogens is 486 g/mol. The zero-order valence-corrected chi connectivity index (χ0v) is 21.0. The molecule has 0 radical (unpaired) electrons. The van der Waals surface area contributed by atoms with Crippen molar-refractivity contribution < 1.29 is 24.3 Å². The molecule has 0 spiro atoms. The van der Waals surface area contributed by atoms with E-state index in [0.29, 0.717) is 5.02 Å².